The van der Waals surface area contributed by atoms with Gasteiger partial charge >= 0.3 is 0 Å². The van der Waals surface area contributed by atoms with Gasteiger partial charge in [0, 0.05) is 26.8 Å². The van der Waals surface area contributed by atoms with Crippen LogP contribution in [-0.4, -0.2) is 43.7 Å². The molecule has 4 heteroatoms. The largest absolute Gasteiger partial charge is 0.385 e. The Morgan fingerprint density at radius 3 is 2.05 bits per heavy atom. The lowest BCUT2D eigenvalue weighted by Gasteiger charge is -2.26. The molecule has 0 aromatic rings. The summed E-state index contributed by atoms with van der Waals surface area (Å²) in [6.45, 7) is 6.74. The number of carbonyl (C=O) groups is 1. The van der Waals surface area contributed by atoms with Gasteiger partial charge in [-0.2, -0.15) is 0 Å². The van der Waals surface area contributed by atoms with Crippen molar-refractivity contribution in [2.24, 2.45) is 5.73 Å². The molecule has 0 radical (unpaired) electrons. The fourth-order valence-corrected chi connectivity index (χ4v) is 2.24. The van der Waals surface area contributed by atoms with Crippen molar-refractivity contribution in [3.05, 3.63) is 0 Å². The molecule has 0 aliphatic carbocycles. The van der Waals surface area contributed by atoms with E-state index in [9.17, 15) is 4.79 Å². The molecule has 1 atom stereocenters. The number of nitrogens with zero attached hydrogens (tertiary/aromatic N) is 1. The summed E-state index contributed by atoms with van der Waals surface area (Å²) in [6, 6.07) is -0.367. The van der Waals surface area contributed by atoms with E-state index in [4.69, 9.17) is 10.5 Å². The highest BCUT2D eigenvalue weighted by atomic mass is 16.5. The zero-order chi connectivity index (χ0) is 15.2. The molecule has 0 aromatic carbocycles. The van der Waals surface area contributed by atoms with Gasteiger partial charge in [0.1, 0.15) is 0 Å². The molecule has 1 unspecified atom stereocenters. The van der Waals surface area contributed by atoms with E-state index < -0.39 is 0 Å². The van der Waals surface area contributed by atoms with Crippen LogP contribution < -0.4 is 5.73 Å². The van der Waals surface area contributed by atoms with E-state index in [1.54, 1.807) is 7.11 Å². The first-order valence-corrected chi connectivity index (χ1v) is 8.20. The third-order valence-electron chi connectivity index (χ3n) is 3.56. The van der Waals surface area contributed by atoms with Crippen LogP contribution in [0, 0.1) is 0 Å². The van der Waals surface area contributed by atoms with Crippen molar-refractivity contribution in [2.45, 2.75) is 71.3 Å². The molecule has 0 fully saturated rings. The van der Waals surface area contributed by atoms with Crippen LogP contribution in [0.1, 0.15) is 65.2 Å². The van der Waals surface area contributed by atoms with Gasteiger partial charge in [-0.3, -0.25) is 4.79 Å². The van der Waals surface area contributed by atoms with Gasteiger partial charge in [0.25, 0.3) is 0 Å². The Morgan fingerprint density at radius 1 is 1.05 bits per heavy atom. The molecular formula is C16H34N2O2. The average Bonchev–Trinajstić information content (AvgIpc) is 2.45. The van der Waals surface area contributed by atoms with Gasteiger partial charge < -0.3 is 15.4 Å². The normalized spacial score (nSPS) is 12.4. The first-order valence-electron chi connectivity index (χ1n) is 8.20. The lowest BCUT2D eigenvalue weighted by molar-refractivity contribution is -0.133. The zero-order valence-electron chi connectivity index (χ0n) is 13.7. The second-order valence-electron chi connectivity index (χ2n) is 5.48. The molecular weight excluding hydrogens is 252 g/mol. The number of hydrogen-bond acceptors (Lipinski definition) is 3. The van der Waals surface area contributed by atoms with Crippen LogP contribution >= 0.6 is 0 Å². The molecule has 0 rings (SSSR count). The summed E-state index contributed by atoms with van der Waals surface area (Å²) in [5.74, 6) is 0.119. The number of carbonyl (C=O) groups excluding carboxylic acids is 1. The smallest absolute Gasteiger partial charge is 0.239 e. The topological polar surface area (TPSA) is 55.6 Å². The molecule has 0 saturated heterocycles. The molecule has 1 amide bonds. The van der Waals surface area contributed by atoms with Crippen LogP contribution in [0.25, 0.3) is 0 Å². The molecule has 4 nitrogen and oxygen atoms in total. The minimum absolute atomic E-state index is 0.119. The highest BCUT2D eigenvalue weighted by Crippen LogP contribution is 2.07. The van der Waals surface area contributed by atoms with Gasteiger partial charge in [0.05, 0.1) is 6.04 Å². The maximum absolute atomic E-state index is 12.4. The summed E-state index contributed by atoms with van der Waals surface area (Å²) >= 11 is 0. The van der Waals surface area contributed by atoms with Gasteiger partial charge in [-0.1, -0.05) is 39.5 Å². The summed E-state index contributed by atoms with van der Waals surface area (Å²) in [7, 11) is 1.68. The predicted octanol–water partition coefficient (Wildman–Crippen LogP) is 2.95. The minimum atomic E-state index is -0.367. The molecule has 0 aliphatic rings. The van der Waals surface area contributed by atoms with Crippen molar-refractivity contribution < 1.29 is 9.53 Å². The van der Waals surface area contributed by atoms with Crippen molar-refractivity contribution in [1.29, 1.82) is 0 Å². The monoisotopic (exact) mass is 286 g/mol. The standard InChI is InChI=1S/C16H34N2O2/c1-4-6-8-12-18(13-9-7-5-2)16(19)15(17)11-10-14-20-3/h15H,4-14,17H2,1-3H3. The number of unbranched alkanes of at least 4 members (excludes halogenated alkanes) is 4. The van der Waals surface area contributed by atoms with E-state index in [2.05, 4.69) is 13.8 Å². The highest BCUT2D eigenvalue weighted by Gasteiger charge is 2.19. The van der Waals surface area contributed by atoms with Crippen molar-refractivity contribution >= 4 is 5.91 Å². The zero-order valence-corrected chi connectivity index (χ0v) is 13.7. The Labute approximate surface area is 125 Å². The number of nitrogens with two attached hydrogens (primary N) is 1. The second-order valence-corrected chi connectivity index (χ2v) is 5.48. The molecule has 120 valence electrons. The van der Waals surface area contributed by atoms with E-state index in [0.29, 0.717) is 13.0 Å². The van der Waals surface area contributed by atoms with Gasteiger partial charge in [0.2, 0.25) is 5.91 Å². The third-order valence-corrected chi connectivity index (χ3v) is 3.56. The highest BCUT2D eigenvalue weighted by molar-refractivity contribution is 5.81. The Balaban J connectivity index is 4.21. The second kappa shape index (κ2) is 13.4. The summed E-state index contributed by atoms with van der Waals surface area (Å²) in [6.07, 6.45) is 8.44. The summed E-state index contributed by atoms with van der Waals surface area (Å²) in [5, 5.41) is 0. The number of methoxy groups -OCH3 is 1. The van der Waals surface area contributed by atoms with Crippen molar-refractivity contribution in [2.75, 3.05) is 26.8 Å². The van der Waals surface area contributed by atoms with Gasteiger partial charge in [-0.25, -0.2) is 0 Å². The summed E-state index contributed by atoms with van der Waals surface area (Å²) in [5.41, 5.74) is 6.02. The molecule has 0 heterocycles. The number of rotatable bonds is 13. The SMILES string of the molecule is CCCCCN(CCCCC)C(=O)C(N)CCCOC. The van der Waals surface area contributed by atoms with Gasteiger partial charge in [-0.05, 0) is 25.7 Å². The molecule has 0 aromatic heterocycles. The Hall–Kier alpha value is -0.610. The molecule has 0 aliphatic heterocycles. The number of hydrogen-bond donors (Lipinski definition) is 1. The van der Waals surface area contributed by atoms with Crippen LogP contribution in [-0.2, 0) is 9.53 Å². The molecule has 0 spiro atoms. The lowest BCUT2D eigenvalue weighted by atomic mass is 10.1. The average molecular weight is 286 g/mol. The molecule has 0 saturated carbocycles. The Kier molecular flexibility index (Phi) is 13.0. The minimum Gasteiger partial charge on any atom is -0.385 e. The molecule has 0 bridgehead atoms. The van der Waals surface area contributed by atoms with Crippen LogP contribution in [0.2, 0.25) is 0 Å². The molecule has 2 N–H and O–H groups in total. The third kappa shape index (κ3) is 9.32. The van der Waals surface area contributed by atoms with Crippen LogP contribution in [0.4, 0.5) is 0 Å². The van der Waals surface area contributed by atoms with Crippen LogP contribution in [0.5, 0.6) is 0 Å². The van der Waals surface area contributed by atoms with Gasteiger partial charge in [-0.15, -0.1) is 0 Å². The number of amides is 1. The van der Waals surface area contributed by atoms with Crippen molar-refractivity contribution in [1.82, 2.24) is 4.90 Å². The van der Waals surface area contributed by atoms with Crippen molar-refractivity contribution in [3.8, 4) is 0 Å². The fourth-order valence-electron chi connectivity index (χ4n) is 2.24. The van der Waals surface area contributed by atoms with Gasteiger partial charge in [0.15, 0.2) is 0 Å². The fraction of sp³-hybridized carbons (Fsp3) is 0.938. The van der Waals surface area contributed by atoms with Crippen LogP contribution in [0.15, 0.2) is 0 Å². The number of ether oxygens (including phenoxy) is 1. The first-order chi connectivity index (χ1) is 9.67. The maximum Gasteiger partial charge on any atom is 0.239 e. The maximum atomic E-state index is 12.4. The van der Waals surface area contributed by atoms with E-state index in [-0.39, 0.29) is 11.9 Å². The Morgan fingerprint density at radius 2 is 1.60 bits per heavy atom. The van der Waals surface area contributed by atoms with Crippen molar-refractivity contribution in [3.63, 3.8) is 0 Å². The molecule has 20 heavy (non-hydrogen) atoms. The first kappa shape index (κ1) is 19.4. The van der Waals surface area contributed by atoms with E-state index in [1.165, 1.54) is 25.7 Å². The van der Waals surface area contributed by atoms with Crippen LogP contribution in [0.3, 0.4) is 0 Å². The van der Waals surface area contributed by atoms with E-state index >= 15 is 0 Å². The van der Waals surface area contributed by atoms with E-state index in [0.717, 1.165) is 32.4 Å². The summed E-state index contributed by atoms with van der Waals surface area (Å²) in [4.78, 5) is 14.4. The summed E-state index contributed by atoms with van der Waals surface area (Å²) < 4.78 is 5.01. The lowest BCUT2D eigenvalue weighted by Crippen LogP contribution is -2.44. The van der Waals surface area contributed by atoms with E-state index in [1.807, 2.05) is 4.90 Å². The predicted molar refractivity (Wildman–Crippen MR) is 84.7 cm³/mol. The quantitative estimate of drug-likeness (QED) is 0.530. The Bertz CT molecular complexity index is 225.